The van der Waals surface area contributed by atoms with E-state index < -0.39 is 0 Å². The summed E-state index contributed by atoms with van der Waals surface area (Å²) in [6.07, 6.45) is 3.30. The van der Waals surface area contributed by atoms with Crippen LogP contribution >= 0.6 is 11.6 Å². The number of carbonyl (C=O) groups excluding carboxylic acids is 1. The van der Waals surface area contributed by atoms with Crippen LogP contribution < -0.4 is 0 Å². The van der Waals surface area contributed by atoms with Crippen molar-refractivity contribution in [1.29, 1.82) is 0 Å². The van der Waals surface area contributed by atoms with Crippen molar-refractivity contribution in [3.05, 3.63) is 46.9 Å². The van der Waals surface area contributed by atoms with E-state index in [1.54, 1.807) is 6.20 Å². The molecule has 0 atom stereocenters. The number of carbonyl (C=O) groups is 1. The molecule has 21 heavy (non-hydrogen) atoms. The molecule has 0 amide bonds. The van der Waals surface area contributed by atoms with Gasteiger partial charge in [0.25, 0.3) is 0 Å². The van der Waals surface area contributed by atoms with Gasteiger partial charge in [-0.05, 0) is 30.9 Å². The van der Waals surface area contributed by atoms with Crippen LogP contribution in [0.3, 0.4) is 0 Å². The Kier molecular flexibility index (Phi) is 3.21. The summed E-state index contributed by atoms with van der Waals surface area (Å²) in [6.45, 7) is 5.95. The van der Waals surface area contributed by atoms with Gasteiger partial charge in [0.15, 0.2) is 5.82 Å². The van der Waals surface area contributed by atoms with Gasteiger partial charge in [-0.1, -0.05) is 31.5 Å². The summed E-state index contributed by atoms with van der Waals surface area (Å²) in [5.74, 6) is 0.761. The molecule has 1 aliphatic rings. The fourth-order valence-corrected chi connectivity index (χ4v) is 3.40. The average Bonchev–Trinajstić information content (AvgIpc) is 2.76. The van der Waals surface area contributed by atoms with Crippen LogP contribution in [0.1, 0.15) is 30.8 Å². The van der Waals surface area contributed by atoms with Gasteiger partial charge in [-0.3, -0.25) is 4.79 Å². The van der Waals surface area contributed by atoms with Gasteiger partial charge in [-0.25, -0.2) is 9.67 Å². The molecule has 1 aliphatic carbocycles. The van der Waals surface area contributed by atoms with Crippen LogP contribution in [0.4, 0.5) is 0 Å². The van der Waals surface area contributed by atoms with Crippen LogP contribution in [-0.4, -0.2) is 21.1 Å². The first-order valence-electron chi connectivity index (χ1n) is 6.81. The number of rotatable bonds is 2. The zero-order valence-corrected chi connectivity index (χ0v) is 13.0. The number of aldehydes is 1. The van der Waals surface area contributed by atoms with Gasteiger partial charge in [0, 0.05) is 17.3 Å². The Morgan fingerprint density at radius 1 is 1.38 bits per heavy atom. The van der Waals surface area contributed by atoms with Crippen molar-refractivity contribution in [2.24, 2.45) is 5.41 Å². The third-order valence-electron chi connectivity index (χ3n) is 3.93. The lowest BCUT2D eigenvalue weighted by molar-refractivity contribution is -0.105. The number of nitrogens with zero attached hydrogens (tertiary/aromatic N) is 3. The molecule has 3 rings (SSSR count). The second-order valence-electron chi connectivity index (χ2n) is 5.91. The molecule has 2 aromatic rings. The lowest BCUT2D eigenvalue weighted by Crippen LogP contribution is -2.26. The molecule has 0 saturated carbocycles. The molecule has 2 aromatic heterocycles. The number of hydrogen-bond donors (Lipinski definition) is 0. The quantitative estimate of drug-likeness (QED) is 0.800. The Bertz CT molecular complexity index is 744. The van der Waals surface area contributed by atoms with Gasteiger partial charge in [-0.15, -0.1) is 0 Å². The van der Waals surface area contributed by atoms with Crippen LogP contribution in [0, 0.1) is 12.3 Å². The average molecular weight is 302 g/mol. The summed E-state index contributed by atoms with van der Waals surface area (Å²) in [4.78, 5) is 15.8. The predicted molar refractivity (Wildman–Crippen MR) is 82.4 cm³/mol. The Labute approximate surface area is 128 Å². The first kappa shape index (κ1) is 14.0. The Morgan fingerprint density at radius 2 is 2.14 bits per heavy atom. The summed E-state index contributed by atoms with van der Waals surface area (Å²) in [5.41, 5.74) is 3.01. The monoisotopic (exact) mass is 301 g/mol. The molecule has 0 aromatic carbocycles. The minimum atomic E-state index is -0.315. The van der Waals surface area contributed by atoms with Gasteiger partial charge in [0.05, 0.1) is 16.4 Å². The highest BCUT2D eigenvalue weighted by atomic mass is 35.5. The number of halogens is 1. The van der Waals surface area contributed by atoms with E-state index in [0.29, 0.717) is 17.0 Å². The second kappa shape index (κ2) is 4.81. The molecule has 2 heterocycles. The van der Waals surface area contributed by atoms with E-state index in [1.165, 1.54) is 0 Å². The Morgan fingerprint density at radius 3 is 2.76 bits per heavy atom. The van der Waals surface area contributed by atoms with Crippen molar-refractivity contribution in [3.63, 3.8) is 0 Å². The van der Waals surface area contributed by atoms with Crippen molar-refractivity contribution >= 4 is 22.9 Å². The molecular formula is C16H16ClN3O. The molecule has 0 bridgehead atoms. The van der Waals surface area contributed by atoms with Crippen LogP contribution in [0.2, 0.25) is 0 Å². The largest absolute Gasteiger partial charge is 0.298 e. The van der Waals surface area contributed by atoms with Crippen molar-refractivity contribution in [2.75, 3.05) is 0 Å². The van der Waals surface area contributed by atoms with E-state index >= 15 is 0 Å². The third-order valence-corrected chi connectivity index (χ3v) is 4.33. The lowest BCUT2D eigenvalue weighted by Gasteiger charge is -2.30. The van der Waals surface area contributed by atoms with Crippen molar-refractivity contribution < 1.29 is 4.79 Å². The molecular weight excluding hydrogens is 286 g/mol. The number of aryl methyl sites for hydroxylation is 1. The third kappa shape index (κ3) is 2.10. The minimum absolute atomic E-state index is 0.315. The lowest BCUT2D eigenvalue weighted by atomic mass is 9.75. The van der Waals surface area contributed by atoms with E-state index in [1.807, 2.05) is 43.7 Å². The molecule has 4 nitrogen and oxygen atoms in total. The van der Waals surface area contributed by atoms with Gasteiger partial charge < -0.3 is 0 Å². The normalized spacial score (nSPS) is 16.8. The first-order valence-corrected chi connectivity index (χ1v) is 7.19. The highest BCUT2D eigenvalue weighted by molar-refractivity contribution is 6.51. The van der Waals surface area contributed by atoms with E-state index in [9.17, 15) is 4.79 Å². The molecule has 0 spiro atoms. The van der Waals surface area contributed by atoms with Gasteiger partial charge in [0.2, 0.25) is 0 Å². The molecule has 0 fully saturated rings. The predicted octanol–water partition coefficient (Wildman–Crippen LogP) is 3.31. The maximum atomic E-state index is 11.4. The topological polar surface area (TPSA) is 47.8 Å². The summed E-state index contributed by atoms with van der Waals surface area (Å²) >= 11 is 6.48. The van der Waals surface area contributed by atoms with E-state index in [2.05, 4.69) is 10.1 Å². The highest BCUT2D eigenvalue weighted by Crippen LogP contribution is 2.44. The molecule has 108 valence electrons. The summed E-state index contributed by atoms with van der Waals surface area (Å²) in [7, 11) is 0. The maximum absolute atomic E-state index is 11.4. The first-order chi connectivity index (χ1) is 9.95. The van der Waals surface area contributed by atoms with Gasteiger partial charge in [-0.2, -0.15) is 5.10 Å². The fraction of sp³-hybridized carbons (Fsp3) is 0.312. The number of pyridine rings is 1. The van der Waals surface area contributed by atoms with E-state index in [-0.39, 0.29) is 5.41 Å². The summed E-state index contributed by atoms with van der Waals surface area (Å²) < 4.78 is 1.83. The van der Waals surface area contributed by atoms with Crippen molar-refractivity contribution in [2.45, 2.75) is 27.2 Å². The maximum Gasteiger partial charge on any atom is 0.153 e. The van der Waals surface area contributed by atoms with E-state index in [0.717, 1.165) is 29.1 Å². The van der Waals surface area contributed by atoms with E-state index in [4.69, 9.17) is 11.6 Å². The molecule has 0 radical (unpaired) electrons. The zero-order chi connectivity index (χ0) is 15.2. The SMILES string of the molecule is Cc1nn(-c2ccccn2)c2c1C(Cl)=C(C=O)C(C)(C)C2. The Hall–Kier alpha value is -1.94. The van der Waals surface area contributed by atoms with Crippen LogP contribution in [0.15, 0.2) is 30.0 Å². The van der Waals surface area contributed by atoms with Gasteiger partial charge in [0.1, 0.15) is 6.29 Å². The van der Waals surface area contributed by atoms with Crippen LogP contribution in [0.25, 0.3) is 10.9 Å². The minimum Gasteiger partial charge on any atom is -0.298 e. The molecule has 0 unspecified atom stereocenters. The highest BCUT2D eigenvalue weighted by Gasteiger charge is 2.36. The second-order valence-corrected chi connectivity index (χ2v) is 6.29. The number of fused-ring (bicyclic) bond motifs is 1. The smallest absolute Gasteiger partial charge is 0.153 e. The van der Waals surface area contributed by atoms with Crippen molar-refractivity contribution in [1.82, 2.24) is 14.8 Å². The standard InChI is InChI=1S/C16H16ClN3O/c1-10-14-12(8-16(2,3)11(9-21)15(14)17)20(19-10)13-6-4-5-7-18-13/h4-7,9H,8H2,1-3H3. The van der Waals surface area contributed by atoms with Crippen LogP contribution in [0.5, 0.6) is 0 Å². The molecule has 0 saturated heterocycles. The molecule has 0 aliphatic heterocycles. The van der Waals surface area contributed by atoms with Crippen LogP contribution in [-0.2, 0) is 11.2 Å². The fourth-order valence-electron chi connectivity index (χ4n) is 2.85. The summed E-state index contributed by atoms with van der Waals surface area (Å²) in [5, 5.41) is 5.08. The zero-order valence-electron chi connectivity index (χ0n) is 12.2. The number of allylic oxidation sites excluding steroid dienone is 1. The summed E-state index contributed by atoms with van der Waals surface area (Å²) in [6, 6.07) is 5.70. The van der Waals surface area contributed by atoms with Gasteiger partial charge >= 0.3 is 0 Å². The molecule has 0 N–H and O–H groups in total. The number of aromatic nitrogens is 3. The number of hydrogen-bond acceptors (Lipinski definition) is 3. The Balaban J connectivity index is 2.28. The molecule has 5 heteroatoms. The van der Waals surface area contributed by atoms with Crippen molar-refractivity contribution in [3.8, 4) is 5.82 Å².